The highest BCUT2D eigenvalue weighted by Gasteiger charge is 2.59. The Hall–Kier alpha value is -0.790. The number of carbonyl (C=O) groups is 1. The Morgan fingerprint density at radius 1 is 1.19 bits per heavy atom. The SMILES string of the molecule is C[C@H]1CC[C@@]2(C)C(=CCC3C2CC[C@@]2(C)C3CC[C@@H]2[C@H](C)CC(=O)O)C1. The van der Waals surface area contributed by atoms with E-state index in [0.717, 1.165) is 23.7 Å². The molecule has 0 aliphatic heterocycles. The summed E-state index contributed by atoms with van der Waals surface area (Å²) in [5.74, 6) is 3.71. The van der Waals surface area contributed by atoms with Crippen LogP contribution in [0.4, 0.5) is 0 Å². The lowest BCUT2D eigenvalue weighted by molar-refractivity contribution is -0.139. The Morgan fingerprint density at radius 3 is 2.69 bits per heavy atom. The minimum absolute atomic E-state index is 0.319. The van der Waals surface area contributed by atoms with E-state index in [2.05, 4.69) is 33.8 Å². The summed E-state index contributed by atoms with van der Waals surface area (Å²) in [7, 11) is 0. The van der Waals surface area contributed by atoms with Crippen LogP contribution >= 0.6 is 0 Å². The van der Waals surface area contributed by atoms with Crippen molar-refractivity contribution in [3.05, 3.63) is 11.6 Å². The molecule has 0 heterocycles. The maximum absolute atomic E-state index is 11.3. The Labute approximate surface area is 159 Å². The van der Waals surface area contributed by atoms with Crippen LogP contribution in [-0.2, 0) is 4.79 Å². The molecule has 3 fully saturated rings. The average molecular weight is 359 g/mol. The number of fused-ring (bicyclic) bond motifs is 5. The zero-order chi connectivity index (χ0) is 18.7. The molecule has 2 nitrogen and oxygen atoms in total. The molecule has 0 amide bonds. The highest BCUT2D eigenvalue weighted by atomic mass is 16.4. The standard InChI is InChI=1S/C24H38O2/c1-15-9-11-23(3)17(13-15)5-6-18-20-8-7-19(16(2)14-22(25)26)24(20,4)12-10-21(18)23/h5,15-16,18-21H,6-14H2,1-4H3,(H,25,26)/t15-,16+,18?,19+,20?,21?,23-,24+/m0/s1. The molecule has 4 rings (SSSR count). The van der Waals surface area contributed by atoms with Crippen LogP contribution in [-0.4, -0.2) is 11.1 Å². The largest absolute Gasteiger partial charge is 0.481 e. The summed E-state index contributed by atoms with van der Waals surface area (Å²) >= 11 is 0. The molecule has 4 aliphatic carbocycles. The van der Waals surface area contributed by atoms with Crippen molar-refractivity contribution in [3.63, 3.8) is 0 Å². The third-order valence-electron chi connectivity index (χ3n) is 9.61. The smallest absolute Gasteiger partial charge is 0.303 e. The van der Waals surface area contributed by atoms with E-state index in [1.54, 1.807) is 5.57 Å². The van der Waals surface area contributed by atoms with Crippen molar-refractivity contribution in [1.29, 1.82) is 0 Å². The van der Waals surface area contributed by atoms with Gasteiger partial charge in [-0.1, -0.05) is 39.3 Å². The first kappa shape index (κ1) is 18.6. The van der Waals surface area contributed by atoms with Gasteiger partial charge in [0.1, 0.15) is 0 Å². The Morgan fingerprint density at radius 2 is 1.96 bits per heavy atom. The van der Waals surface area contributed by atoms with Crippen LogP contribution in [0.3, 0.4) is 0 Å². The van der Waals surface area contributed by atoms with Crippen molar-refractivity contribution >= 4 is 5.97 Å². The second-order valence-electron chi connectivity index (χ2n) is 10.9. The third kappa shape index (κ3) is 2.69. The quantitative estimate of drug-likeness (QED) is 0.600. The van der Waals surface area contributed by atoms with E-state index < -0.39 is 5.97 Å². The van der Waals surface area contributed by atoms with Gasteiger partial charge in [-0.05, 0) is 97.7 Å². The Bertz CT molecular complexity index is 607. The van der Waals surface area contributed by atoms with Gasteiger partial charge in [0.05, 0.1) is 0 Å². The van der Waals surface area contributed by atoms with Gasteiger partial charge in [0.15, 0.2) is 0 Å². The van der Waals surface area contributed by atoms with E-state index in [4.69, 9.17) is 0 Å². The number of rotatable bonds is 3. The maximum atomic E-state index is 11.3. The van der Waals surface area contributed by atoms with Crippen molar-refractivity contribution in [2.24, 2.45) is 46.3 Å². The van der Waals surface area contributed by atoms with Gasteiger partial charge >= 0.3 is 5.97 Å². The fourth-order valence-electron chi connectivity index (χ4n) is 8.24. The second-order valence-corrected chi connectivity index (χ2v) is 10.9. The molecule has 3 saturated carbocycles. The van der Waals surface area contributed by atoms with Crippen LogP contribution in [0, 0.1) is 46.3 Å². The van der Waals surface area contributed by atoms with Gasteiger partial charge in [-0.25, -0.2) is 0 Å². The number of aliphatic carboxylic acids is 1. The van der Waals surface area contributed by atoms with Crippen LogP contribution in [0.5, 0.6) is 0 Å². The zero-order valence-corrected chi connectivity index (χ0v) is 17.3. The lowest BCUT2D eigenvalue weighted by Crippen LogP contribution is -2.50. The number of allylic oxidation sites excluding steroid dienone is 2. The minimum atomic E-state index is -0.618. The summed E-state index contributed by atoms with van der Waals surface area (Å²) in [5, 5.41) is 9.29. The van der Waals surface area contributed by atoms with Gasteiger partial charge < -0.3 is 5.11 Å². The van der Waals surface area contributed by atoms with E-state index in [0.29, 0.717) is 29.1 Å². The molecule has 0 bridgehead atoms. The van der Waals surface area contributed by atoms with Crippen LogP contribution in [0.1, 0.15) is 85.5 Å². The molecule has 1 N–H and O–H groups in total. The molecular formula is C24H38O2. The third-order valence-corrected chi connectivity index (χ3v) is 9.61. The molecule has 0 aromatic heterocycles. The van der Waals surface area contributed by atoms with Gasteiger partial charge in [-0.15, -0.1) is 0 Å². The molecule has 8 atom stereocenters. The molecule has 0 saturated heterocycles. The van der Waals surface area contributed by atoms with Crippen LogP contribution in [0.2, 0.25) is 0 Å². The summed E-state index contributed by atoms with van der Waals surface area (Å²) in [5.41, 5.74) is 2.62. The average Bonchev–Trinajstić information content (AvgIpc) is 2.92. The van der Waals surface area contributed by atoms with E-state index in [1.165, 1.54) is 51.4 Å². The molecule has 146 valence electrons. The van der Waals surface area contributed by atoms with Crippen molar-refractivity contribution < 1.29 is 9.90 Å². The van der Waals surface area contributed by atoms with E-state index in [9.17, 15) is 9.90 Å². The summed E-state index contributed by atoms with van der Waals surface area (Å²) < 4.78 is 0. The Kier molecular flexibility index (Phi) is 4.56. The molecule has 4 aliphatic rings. The topological polar surface area (TPSA) is 37.3 Å². The zero-order valence-electron chi connectivity index (χ0n) is 17.3. The monoisotopic (exact) mass is 358 g/mol. The highest BCUT2D eigenvalue weighted by Crippen LogP contribution is 2.67. The summed E-state index contributed by atoms with van der Waals surface area (Å²) in [6, 6.07) is 0. The second kappa shape index (κ2) is 6.38. The van der Waals surface area contributed by atoms with Crippen LogP contribution < -0.4 is 0 Å². The highest BCUT2D eigenvalue weighted by molar-refractivity contribution is 5.67. The molecule has 0 aromatic rings. The summed E-state index contributed by atoms with van der Waals surface area (Å²) in [6.07, 6.45) is 13.7. The first-order valence-corrected chi connectivity index (χ1v) is 11.2. The van der Waals surface area contributed by atoms with Crippen LogP contribution in [0.15, 0.2) is 11.6 Å². The van der Waals surface area contributed by atoms with Gasteiger partial charge in [-0.2, -0.15) is 0 Å². The molecule has 0 radical (unpaired) electrons. The number of carboxylic acids is 1. The molecule has 26 heavy (non-hydrogen) atoms. The Balaban J connectivity index is 1.59. The summed E-state index contributed by atoms with van der Waals surface area (Å²) in [4.78, 5) is 11.3. The first-order chi connectivity index (χ1) is 12.3. The predicted octanol–water partition coefficient (Wildman–Crippen LogP) is 6.31. The van der Waals surface area contributed by atoms with E-state index >= 15 is 0 Å². The molecule has 3 unspecified atom stereocenters. The summed E-state index contributed by atoms with van der Waals surface area (Å²) in [6.45, 7) is 9.73. The molecule has 0 spiro atoms. The number of hydrogen-bond donors (Lipinski definition) is 1. The van der Waals surface area contributed by atoms with Gasteiger partial charge in [0.2, 0.25) is 0 Å². The number of carboxylic acid groups (broad SMARTS) is 1. The fourth-order valence-corrected chi connectivity index (χ4v) is 8.24. The van der Waals surface area contributed by atoms with Gasteiger partial charge in [-0.3, -0.25) is 4.79 Å². The first-order valence-electron chi connectivity index (χ1n) is 11.2. The predicted molar refractivity (Wildman–Crippen MR) is 106 cm³/mol. The minimum Gasteiger partial charge on any atom is -0.481 e. The van der Waals surface area contributed by atoms with Crippen molar-refractivity contribution in [3.8, 4) is 0 Å². The lowest BCUT2D eigenvalue weighted by atomic mass is 9.46. The van der Waals surface area contributed by atoms with Crippen molar-refractivity contribution in [1.82, 2.24) is 0 Å². The fraction of sp³-hybridized carbons (Fsp3) is 0.875. The van der Waals surface area contributed by atoms with E-state index in [1.807, 2.05) is 0 Å². The van der Waals surface area contributed by atoms with E-state index in [-0.39, 0.29) is 0 Å². The van der Waals surface area contributed by atoms with Gasteiger partial charge in [0.25, 0.3) is 0 Å². The molecule has 0 aromatic carbocycles. The van der Waals surface area contributed by atoms with Crippen LogP contribution in [0.25, 0.3) is 0 Å². The molecule has 2 heteroatoms. The van der Waals surface area contributed by atoms with Crippen molar-refractivity contribution in [2.75, 3.05) is 0 Å². The lowest BCUT2D eigenvalue weighted by Gasteiger charge is -2.58. The molecular weight excluding hydrogens is 320 g/mol. The number of hydrogen-bond acceptors (Lipinski definition) is 1. The van der Waals surface area contributed by atoms with Gasteiger partial charge in [0, 0.05) is 6.42 Å². The normalized spacial score (nSPS) is 48.8. The van der Waals surface area contributed by atoms with Crippen molar-refractivity contribution in [2.45, 2.75) is 85.5 Å². The maximum Gasteiger partial charge on any atom is 0.303 e.